The highest BCUT2D eigenvalue weighted by Crippen LogP contribution is 2.38. The third-order valence-corrected chi connectivity index (χ3v) is 5.51. The van der Waals surface area contributed by atoms with E-state index in [1.807, 2.05) is 50.2 Å². The van der Waals surface area contributed by atoms with Crippen LogP contribution in [0.2, 0.25) is 0 Å². The number of H-pyrrole nitrogens is 2. The van der Waals surface area contributed by atoms with Gasteiger partial charge in [0.2, 0.25) is 0 Å². The van der Waals surface area contributed by atoms with Gasteiger partial charge >= 0.3 is 12.4 Å². The van der Waals surface area contributed by atoms with Crippen LogP contribution >= 0.6 is 0 Å². The topological polar surface area (TPSA) is 65.7 Å². The van der Waals surface area contributed by atoms with Crippen molar-refractivity contribution in [1.29, 1.82) is 0 Å². The number of alkyl halides is 6. The van der Waals surface area contributed by atoms with Crippen molar-refractivity contribution < 1.29 is 26.3 Å². The molecule has 2 heterocycles. The summed E-state index contributed by atoms with van der Waals surface area (Å²) in [5.74, 6) is -3.24. The maximum atomic E-state index is 12.8. The quantitative estimate of drug-likeness (QED) is 0.169. The first-order valence-corrected chi connectivity index (χ1v) is 11.0. The Kier molecular flexibility index (Phi) is 7.47. The molecule has 4 nitrogen and oxygen atoms in total. The molecule has 5 aromatic rings. The van der Waals surface area contributed by atoms with E-state index in [1.54, 1.807) is 24.3 Å². The summed E-state index contributed by atoms with van der Waals surface area (Å²) in [6, 6.07) is 18.3. The van der Waals surface area contributed by atoms with Gasteiger partial charge in [-0.15, -0.1) is 0 Å². The second-order valence-electron chi connectivity index (χ2n) is 7.75. The summed E-state index contributed by atoms with van der Waals surface area (Å²) in [4.78, 5) is 32.1. The standard InChI is InChI=1S/C20H12N2O2.C4H4F6.C2H6/c23-19-11-5-1-3-7-15(11)21-17-10-14-18(9-13(17)19)22-16-8-4-2-6-12(16)20(14)24;1-2(3(5,6)7)4(8,9)10;1-2/h1-10H,(H,21,23)(H,22,24);2H,1H3;1-2H3. The summed E-state index contributed by atoms with van der Waals surface area (Å²) in [7, 11) is 0. The summed E-state index contributed by atoms with van der Waals surface area (Å²) in [6.45, 7) is 4.08. The number of rotatable bonds is 0. The highest BCUT2D eigenvalue weighted by atomic mass is 19.4. The molecule has 0 saturated heterocycles. The number of pyridine rings is 2. The van der Waals surface area contributed by atoms with Gasteiger partial charge in [0.25, 0.3) is 0 Å². The number of benzene rings is 3. The molecule has 2 aromatic heterocycles. The van der Waals surface area contributed by atoms with E-state index >= 15 is 0 Å². The number of hydrogen-bond donors (Lipinski definition) is 2. The van der Waals surface area contributed by atoms with Gasteiger partial charge in [0.05, 0.1) is 11.0 Å². The van der Waals surface area contributed by atoms with Gasteiger partial charge in [-0.2, -0.15) is 26.3 Å². The zero-order chi connectivity index (χ0) is 26.8. The number of para-hydroxylation sites is 2. The minimum Gasteiger partial charge on any atom is -0.354 e. The molecule has 5 rings (SSSR count). The minimum absolute atomic E-state index is 0.0322. The van der Waals surface area contributed by atoms with Crippen LogP contribution in [-0.4, -0.2) is 22.3 Å². The van der Waals surface area contributed by atoms with Gasteiger partial charge in [-0.05, 0) is 43.3 Å². The van der Waals surface area contributed by atoms with Crippen molar-refractivity contribution in [3.63, 3.8) is 0 Å². The maximum Gasteiger partial charge on any atom is 0.400 e. The molecule has 0 aliphatic heterocycles. The second-order valence-corrected chi connectivity index (χ2v) is 7.75. The smallest absolute Gasteiger partial charge is 0.354 e. The Morgan fingerprint density at radius 1 is 0.583 bits per heavy atom. The van der Waals surface area contributed by atoms with E-state index < -0.39 is 18.3 Å². The molecule has 190 valence electrons. The fourth-order valence-electron chi connectivity index (χ4n) is 3.53. The lowest BCUT2D eigenvalue weighted by atomic mass is 10.1. The normalized spacial score (nSPS) is 11.9. The Morgan fingerprint density at radius 2 is 0.917 bits per heavy atom. The number of aromatic nitrogens is 2. The summed E-state index contributed by atoms with van der Waals surface area (Å²) in [5, 5.41) is 2.44. The van der Waals surface area contributed by atoms with Gasteiger partial charge in [-0.3, -0.25) is 9.59 Å². The highest BCUT2D eigenvalue weighted by molar-refractivity contribution is 6.02. The van der Waals surface area contributed by atoms with Crippen LogP contribution in [0.1, 0.15) is 20.8 Å². The molecule has 0 spiro atoms. The van der Waals surface area contributed by atoms with Gasteiger partial charge in [0.15, 0.2) is 10.9 Å². The first kappa shape index (κ1) is 26.8. The van der Waals surface area contributed by atoms with E-state index in [0.717, 1.165) is 11.0 Å². The van der Waals surface area contributed by atoms with Gasteiger partial charge in [-0.1, -0.05) is 38.1 Å². The lowest BCUT2D eigenvalue weighted by Gasteiger charge is -2.17. The number of aromatic amines is 2. The summed E-state index contributed by atoms with van der Waals surface area (Å²) in [6.07, 6.45) is -10.4. The van der Waals surface area contributed by atoms with Crippen molar-refractivity contribution in [2.75, 3.05) is 0 Å². The lowest BCUT2D eigenvalue weighted by Crippen LogP contribution is -2.33. The Morgan fingerprint density at radius 3 is 1.22 bits per heavy atom. The zero-order valence-corrected chi connectivity index (χ0v) is 19.4. The van der Waals surface area contributed by atoms with Crippen LogP contribution in [-0.2, 0) is 0 Å². The third kappa shape index (κ3) is 5.22. The van der Waals surface area contributed by atoms with Crippen molar-refractivity contribution in [2.45, 2.75) is 33.1 Å². The molecule has 10 heteroatoms. The monoisotopic (exact) mass is 508 g/mol. The molecule has 0 atom stereocenters. The first-order chi connectivity index (χ1) is 16.9. The van der Waals surface area contributed by atoms with E-state index in [0.29, 0.717) is 32.6 Å². The van der Waals surface area contributed by atoms with Gasteiger partial charge < -0.3 is 9.97 Å². The summed E-state index contributed by atoms with van der Waals surface area (Å²) in [5.41, 5.74) is 2.82. The van der Waals surface area contributed by atoms with Crippen molar-refractivity contribution in [3.05, 3.63) is 81.1 Å². The summed E-state index contributed by atoms with van der Waals surface area (Å²) < 4.78 is 67.4. The molecular formula is C26H22F6N2O2. The average molecular weight is 508 g/mol. The Balaban J connectivity index is 0.000000257. The molecule has 0 fully saturated rings. The molecule has 0 aliphatic carbocycles. The maximum absolute atomic E-state index is 12.8. The van der Waals surface area contributed by atoms with Crippen LogP contribution in [0, 0.1) is 5.92 Å². The molecule has 0 unspecified atom stereocenters. The minimum atomic E-state index is -5.18. The van der Waals surface area contributed by atoms with Crippen molar-refractivity contribution in [1.82, 2.24) is 9.97 Å². The van der Waals surface area contributed by atoms with Crippen molar-refractivity contribution in [3.8, 4) is 0 Å². The molecule has 2 N–H and O–H groups in total. The van der Waals surface area contributed by atoms with E-state index in [1.165, 1.54) is 0 Å². The third-order valence-electron chi connectivity index (χ3n) is 5.51. The Labute approximate surface area is 200 Å². The molecular weight excluding hydrogens is 486 g/mol. The molecule has 3 aromatic carbocycles. The van der Waals surface area contributed by atoms with Crippen LogP contribution in [0.15, 0.2) is 70.3 Å². The van der Waals surface area contributed by atoms with E-state index in [-0.39, 0.29) is 17.8 Å². The number of hydrogen-bond acceptors (Lipinski definition) is 2. The molecule has 0 bridgehead atoms. The second kappa shape index (κ2) is 10.0. The predicted molar refractivity (Wildman–Crippen MR) is 130 cm³/mol. The number of fused-ring (bicyclic) bond motifs is 4. The van der Waals surface area contributed by atoms with Crippen LogP contribution in [0.25, 0.3) is 43.6 Å². The van der Waals surface area contributed by atoms with Crippen molar-refractivity contribution in [2.24, 2.45) is 5.92 Å². The molecule has 0 radical (unpaired) electrons. The highest BCUT2D eigenvalue weighted by Gasteiger charge is 2.53. The van der Waals surface area contributed by atoms with Gasteiger partial charge in [0, 0.05) is 32.6 Å². The fourth-order valence-corrected chi connectivity index (χ4v) is 3.53. The largest absolute Gasteiger partial charge is 0.400 e. The zero-order valence-electron chi connectivity index (χ0n) is 19.4. The fraction of sp³-hybridized carbons (Fsp3) is 0.231. The van der Waals surface area contributed by atoms with Gasteiger partial charge in [0.1, 0.15) is 5.92 Å². The first-order valence-electron chi connectivity index (χ1n) is 11.0. The SMILES string of the molecule is CC.CC(C(F)(F)F)C(F)(F)F.O=c1c2ccccc2[nH]c2cc3c(=O)c4ccccc4[nH]c3cc12. The summed E-state index contributed by atoms with van der Waals surface area (Å²) >= 11 is 0. The lowest BCUT2D eigenvalue weighted by molar-refractivity contribution is -0.278. The molecule has 0 amide bonds. The van der Waals surface area contributed by atoms with Crippen LogP contribution < -0.4 is 10.9 Å². The van der Waals surface area contributed by atoms with Crippen LogP contribution in [0.3, 0.4) is 0 Å². The van der Waals surface area contributed by atoms with Crippen LogP contribution in [0.4, 0.5) is 26.3 Å². The molecule has 36 heavy (non-hydrogen) atoms. The predicted octanol–water partition coefficient (Wildman–Crippen LogP) is 7.45. The number of halogens is 6. The molecule has 0 saturated carbocycles. The Hall–Kier alpha value is -3.82. The van der Waals surface area contributed by atoms with Crippen molar-refractivity contribution >= 4 is 43.6 Å². The van der Waals surface area contributed by atoms with Gasteiger partial charge in [-0.25, -0.2) is 0 Å². The molecule has 0 aliphatic rings. The van der Waals surface area contributed by atoms with Crippen LogP contribution in [0.5, 0.6) is 0 Å². The Bertz CT molecular complexity index is 1530. The number of nitrogens with one attached hydrogen (secondary N) is 2. The van der Waals surface area contributed by atoms with E-state index in [9.17, 15) is 35.9 Å². The van der Waals surface area contributed by atoms with E-state index in [4.69, 9.17) is 0 Å². The average Bonchev–Trinajstić information content (AvgIpc) is 2.84. The van der Waals surface area contributed by atoms with E-state index in [2.05, 4.69) is 9.97 Å².